The molecule has 1 saturated carbocycles. The Bertz CT molecular complexity index is 406. The summed E-state index contributed by atoms with van der Waals surface area (Å²) in [5, 5.41) is 0. The van der Waals surface area contributed by atoms with E-state index >= 15 is 0 Å². The van der Waals surface area contributed by atoms with Crippen molar-refractivity contribution in [1.29, 1.82) is 0 Å². The zero-order chi connectivity index (χ0) is 10.6. The van der Waals surface area contributed by atoms with Gasteiger partial charge in [0.2, 0.25) is 0 Å². The van der Waals surface area contributed by atoms with Crippen molar-refractivity contribution in [3.63, 3.8) is 0 Å². The van der Waals surface area contributed by atoms with Crippen LogP contribution < -0.4 is 5.73 Å². The minimum absolute atomic E-state index is 0.148. The number of rotatable bonds is 1. The highest BCUT2D eigenvalue weighted by atomic mass is 79.9. The number of hydrogen-bond donors (Lipinski definition) is 1. The van der Waals surface area contributed by atoms with Crippen LogP contribution in [0, 0.1) is 12.8 Å². The van der Waals surface area contributed by atoms with Crippen LogP contribution in [-0.4, -0.2) is 15.1 Å². The molecular formula is C11H16BrN3. The zero-order valence-corrected chi connectivity index (χ0v) is 10.5. The predicted octanol–water partition coefficient (Wildman–Crippen LogP) is 2.01. The fourth-order valence-corrected chi connectivity index (χ4v) is 3.06. The largest absolute Gasteiger partial charge is 0.325 e. The summed E-state index contributed by atoms with van der Waals surface area (Å²) in [5.74, 6) is 1.87. The van der Waals surface area contributed by atoms with E-state index in [-0.39, 0.29) is 5.54 Å². The topological polar surface area (TPSA) is 43.8 Å². The van der Waals surface area contributed by atoms with Gasteiger partial charge in [-0.2, -0.15) is 0 Å². The van der Waals surface area contributed by atoms with Gasteiger partial charge in [0, 0.05) is 18.5 Å². The maximum Gasteiger partial charge on any atom is 0.109 e. The van der Waals surface area contributed by atoms with Crippen LogP contribution in [0.15, 0.2) is 4.60 Å². The molecule has 1 aromatic heterocycles. The lowest BCUT2D eigenvalue weighted by Gasteiger charge is -2.29. The summed E-state index contributed by atoms with van der Waals surface area (Å²) >= 11 is 3.61. The third kappa shape index (κ3) is 1.46. The molecule has 0 bridgehead atoms. The lowest BCUT2D eigenvalue weighted by Crippen LogP contribution is -2.38. The van der Waals surface area contributed by atoms with Crippen molar-refractivity contribution in [2.24, 2.45) is 11.7 Å². The van der Waals surface area contributed by atoms with E-state index in [4.69, 9.17) is 5.73 Å². The second kappa shape index (κ2) is 3.08. The Morgan fingerprint density at radius 1 is 1.53 bits per heavy atom. The normalized spacial score (nSPS) is 27.5. The van der Waals surface area contributed by atoms with E-state index < -0.39 is 0 Å². The number of nitrogens with zero attached hydrogens (tertiary/aromatic N) is 2. The van der Waals surface area contributed by atoms with Crippen LogP contribution in [-0.2, 0) is 13.0 Å². The molecule has 2 aliphatic rings. The summed E-state index contributed by atoms with van der Waals surface area (Å²) in [5.41, 5.74) is 7.54. The molecule has 3 rings (SSSR count). The van der Waals surface area contributed by atoms with Crippen LogP contribution in [0.25, 0.3) is 0 Å². The van der Waals surface area contributed by atoms with Crippen LogP contribution in [0.2, 0.25) is 0 Å². The van der Waals surface area contributed by atoms with Crippen LogP contribution in [0.1, 0.15) is 30.8 Å². The third-order valence-electron chi connectivity index (χ3n) is 3.90. The van der Waals surface area contributed by atoms with Crippen LogP contribution >= 0.6 is 15.9 Å². The van der Waals surface area contributed by atoms with E-state index in [1.54, 1.807) is 0 Å². The zero-order valence-electron chi connectivity index (χ0n) is 8.96. The Hall–Kier alpha value is -0.350. The molecule has 1 atom stereocenters. The SMILES string of the molecule is Cc1nc2n(c1Br)CC(C1(N)CC1)CC2. The maximum absolute atomic E-state index is 6.29. The van der Waals surface area contributed by atoms with Gasteiger partial charge in [-0.3, -0.25) is 0 Å². The highest BCUT2D eigenvalue weighted by Crippen LogP contribution is 2.44. The van der Waals surface area contributed by atoms with Crippen LogP contribution in [0.5, 0.6) is 0 Å². The van der Waals surface area contributed by atoms with E-state index in [1.165, 1.54) is 25.1 Å². The number of imidazole rings is 1. The summed E-state index contributed by atoms with van der Waals surface area (Å²) in [6, 6.07) is 0. The van der Waals surface area contributed by atoms with Crippen molar-refractivity contribution in [2.45, 2.75) is 44.7 Å². The van der Waals surface area contributed by atoms with E-state index in [0.717, 1.165) is 23.3 Å². The lowest BCUT2D eigenvalue weighted by molar-refractivity contribution is 0.293. The first kappa shape index (κ1) is 9.85. The Balaban J connectivity index is 1.92. The van der Waals surface area contributed by atoms with Gasteiger partial charge in [0.05, 0.1) is 5.69 Å². The highest BCUT2D eigenvalue weighted by Gasteiger charge is 2.46. The molecule has 1 aliphatic carbocycles. The van der Waals surface area contributed by atoms with E-state index in [0.29, 0.717) is 5.92 Å². The van der Waals surface area contributed by atoms with Crippen molar-refractivity contribution >= 4 is 15.9 Å². The van der Waals surface area contributed by atoms with E-state index in [1.807, 2.05) is 0 Å². The molecule has 1 fully saturated rings. The van der Waals surface area contributed by atoms with Gasteiger partial charge < -0.3 is 10.3 Å². The van der Waals surface area contributed by atoms with Gasteiger partial charge in [0.15, 0.2) is 0 Å². The molecule has 0 saturated heterocycles. The van der Waals surface area contributed by atoms with Crippen molar-refractivity contribution in [3.8, 4) is 0 Å². The Kier molecular flexibility index (Phi) is 2.02. The third-order valence-corrected chi connectivity index (χ3v) is 4.91. The molecule has 2 N–H and O–H groups in total. The molecule has 0 radical (unpaired) electrons. The van der Waals surface area contributed by atoms with Gasteiger partial charge in [0.1, 0.15) is 10.4 Å². The molecule has 15 heavy (non-hydrogen) atoms. The van der Waals surface area contributed by atoms with Gasteiger partial charge in [-0.25, -0.2) is 4.98 Å². The second-order valence-corrected chi connectivity index (χ2v) is 5.73. The predicted molar refractivity (Wildman–Crippen MR) is 62.6 cm³/mol. The first-order valence-corrected chi connectivity index (χ1v) is 6.40. The minimum atomic E-state index is 0.148. The fraction of sp³-hybridized carbons (Fsp3) is 0.727. The number of hydrogen-bond acceptors (Lipinski definition) is 2. The van der Waals surface area contributed by atoms with Gasteiger partial charge in [-0.05, 0) is 48.0 Å². The van der Waals surface area contributed by atoms with Gasteiger partial charge in [-0.15, -0.1) is 0 Å². The molecule has 4 heteroatoms. The minimum Gasteiger partial charge on any atom is -0.325 e. The van der Waals surface area contributed by atoms with Crippen molar-refractivity contribution in [2.75, 3.05) is 0 Å². The monoisotopic (exact) mass is 269 g/mol. The molecule has 0 aromatic carbocycles. The van der Waals surface area contributed by atoms with Gasteiger partial charge in [-0.1, -0.05) is 0 Å². The number of halogens is 1. The second-order valence-electron chi connectivity index (χ2n) is 4.98. The van der Waals surface area contributed by atoms with Crippen LogP contribution in [0.4, 0.5) is 0 Å². The number of nitrogens with two attached hydrogens (primary N) is 1. The molecule has 1 unspecified atom stereocenters. The average molecular weight is 270 g/mol. The van der Waals surface area contributed by atoms with Crippen molar-refractivity contribution in [1.82, 2.24) is 9.55 Å². The molecule has 3 nitrogen and oxygen atoms in total. The van der Waals surface area contributed by atoms with Gasteiger partial charge in [0.25, 0.3) is 0 Å². The molecular weight excluding hydrogens is 254 g/mol. The number of fused-ring (bicyclic) bond motifs is 1. The summed E-state index contributed by atoms with van der Waals surface area (Å²) in [7, 11) is 0. The first-order chi connectivity index (χ1) is 7.10. The van der Waals surface area contributed by atoms with E-state index in [9.17, 15) is 0 Å². The molecule has 2 heterocycles. The Labute approximate surface area is 98.2 Å². The Morgan fingerprint density at radius 2 is 2.27 bits per heavy atom. The Morgan fingerprint density at radius 3 is 2.93 bits per heavy atom. The molecule has 0 spiro atoms. The summed E-state index contributed by atoms with van der Waals surface area (Å²) in [6.45, 7) is 3.10. The standard InChI is InChI=1S/C11H16BrN3/c1-7-10(12)15-6-8(11(13)4-5-11)2-3-9(15)14-7/h8H,2-6,13H2,1H3. The molecule has 1 aliphatic heterocycles. The number of aryl methyl sites for hydroxylation is 2. The molecule has 82 valence electrons. The summed E-state index contributed by atoms with van der Waals surface area (Å²) in [6.07, 6.45) is 4.70. The average Bonchev–Trinajstić information content (AvgIpc) is 2.90. The van der Waals surface area contributed by atoms with Gasteiger partial charge >= 0.3 is 0 Å². The van der Waals surface area contributed by atoms with Crippen molar-refractivity contribution in [3.05, 3.63) is 16.1 Å². The molecule has 0 amide bonds. The lowest BCUT2D eigenvalue weighted by atomic mass is 9.90. The summed E-state index contributed by atoms with van der Waals surface area (Å²) < 4.78 is 3.45. The number of aromatic nitrogens is 2. The maximum atomic E-state index is 6.29. The smallest absolute Gasteiger partial charge is 0.109 e. The van der Waals surface area contributed by atoms with Crippen LogP contribution in [0.3, 0.4) is 0 Å². The van der Waals surface area contributed by atoms with Crippen molar-refractivity contribution < 1.29 is 0 Å². The summed E-state index contributed by atoms with van der Waals surface area (Å²) in [4.78, 5) is 4.56. The first-order valence-electron chi connectivity index (χ1n) is 5.60. The fourth-order valence-electron chi connectivity index (χ4n) is 2.62. The highest BCUT2D eigenvalue weighted by molar-refractivity contribution is 9.10. The quantitative estimate of drug-likeness (QED) is 0.848. The molecule has 1 aromatic rings. The van der Waals surface area contributed by atoms with E-state index in [2.05, 4.69) is 32.4 Å².